The first-order chi connectivity index (χ1) is 8.83. The zero-order chi connectivity index (χ0) is 12.8. The predicted octanol–water partition coefficient (Wildman–Crippen LogP) is 2.60. The van der Waals surface area contributed by atoms with E-state index in [-0.39, 0.29) is 0 Å². The van der Waals surface area contributed by atoms with Gasteiger partial charge in [0, 0.05) is 19.7 Å². The van der Waals surface area contributed by atoms with Gasteiger partial charge in [0.1, 0.15) is 5.75 Å². The molecule has 2 unspecified atom stereocenters. The fourth-order valence-electron chi connectivity index (χ4n) is 2.56. The third-order valence-electron chi connectivity index (χ3n) is 3.62. The standard InChI is InChI=1S/C15H23NO2/c1-3-15-13(7-8-18-15)11-16-10-12-5-4-6-14(9-12)17-2/h4-6,9,13,15-16H,3,7-8,10-11H2,1-2H3. The van der Waals surface area contributed by atoms with Crippen LogP contribution < -0.4 is 10.1 Å². The molecule has 1 N–H and O–H groups in total. The molecule has 1 heterocycles. The van der Waals surface area contributed by atoms with Crippen LogP contribution in [0.25, 0.3) is 0 Å². The molecule has 2 atom stereocenters. The van der Waals surface area contributed by atoms with E-state index in [1.807, 2.05) is 12.1 Å². The maximum absolute atomic E-state index is 5.69. The molecule has 1 fully saturated rings. The first-order valence-corrected chi connectivity index (χ1v) is 6.78. The van der Waals surface area contributed by atoms with Gasteiger partial charge in [0.2, 0.25) is 0 Å². The minimum Gasteiger partial charge on any atom is -0.497 e. The van der Waals surface area contributed by atoms with Gasteiger partial charge in [-0.15, -0.1) is 0 Å². The van der Waals surface area contributed by atoms with Crippen molar-refractivity contribution in [1.29, 1.82) is 0 Å². The van der Waals surface area contributed by atoms with Crippen LogP contribution in [0.2, 0.25) is 0 Å². The van der Waals surface area contributed by atoms with E-state index in [0.717, 1.165) is 31.9 Å². The smallest absolute Gasteiger partial charge is 0.119 e. The van der Waals surface area contributed by atoms with Gasteiger partial charge >= 0.3 is 0 Å². The Balaban J connectivity index is 1.77. The zero-order valence-corrected chi connectivity index (χ0v) is 11.3. The van der Waals surface area contributed by atoms with Gasteiger partial charge in [-0.2, -0.15) is 0 Å². The second-order valence-corrected chi connectivity index (χ2v) is 4.85. The first-order valence-electron chi connectivity index (χ1n) is 6.78. The van der Waals surface area contributed by atoms with Gasteiger partial charge in [-0.1, -0.05) is 19.1 Å². The summed E-state index contributed by atoms with van der Waals surface area (Å²) in [6.07, 6.45) is 2.75. The van der Waals surface area contributed by atoms with Crippen molar-refractivity contribution in [2.75, 3.05) is 20.3 Å². The van der Waals surface area contributed by atoms with Crippen molar-refractivity contribution in [2.45, 2.75) is 32.4 Å². The molecule has 3 heteroatoms. The van der Waals surface area contributed by atoms with Gasteiger partial charge < -0.3 is 14.8 Å². The Kier molecular flexibility index (Phi) is 5.02. The van der Waals surface area contributed by atoms with Crippen LogP contribution in [0.15, 0.2) is 24.3 Å². The van der Waals surface area contributed by atoms with Crippen LogP contribution in [0.3, 0.4) is 0 Å². The maximum Gasteiger partial charge on any atom is 0.119 e. The number of methoxy groups -OCH3 is 1. The fraction of sp³-hybridized carbons (Fsp3) is 0.600. The number of hydrogen-bond donors (Lipinski definition) is 1. The molecule has 0 bridgehead atoms. The number of rotatable bonds is 6. The van der Waals surface area contributed by atoms with E-state index in [1.165, 1.54) is 12.0 Å². The number of hydrogen-bond acceptors (Lipinski definition) is 3. The summed E-state index contributed by atoms with van der Waals surface area (Å²) >= 11 is 0. The van der Waals surface area contributed by atoms with Gasteiger partial charge in [0.15, 0.2) is 0 Å². The topological polar surface area (TPSA) is 30.5 Å². The molecule has 0 aliphatic carbocycles. The Hall–Kier alpha value is -1.06. The number of ether oxygens (including phenoxy) is 2. The van der Waals surface area contributed by atoms with Gasteiger partial charge in [0.25, 0.3) is 0 Å². The normalized spacial score (nSPS) is 23.2. The molecule has 1 aromatic rings. The third kappa shape index (κ3) is 3.47. The van der Waals surface area contributed by atoms with Crippen molar-refractivity contribution in [2.24, 2.45) is 5.92 Å². The molecule has 18 heavy (non-hydrogen) atoms. The summed E-state index contributed by atoms with van der Waals surface area (Å²) in [4.78, 5) is 0. The SMILES string of the molecule is CCC1OCCC1CNCc1cccc(OC)c1. The molecule has 1 aliphatic rings. The summed E-state index contributed by atoms with van der Waals surface area (Å²) in [7, 11) is 1.70. The van der Waals surface area contributed by atoms with Crippen LogP contribution in [0, 0.1) is 5.92 Å². The molecule has 3 nitrogen and oxygen atoms in total. The highest BCUT2D eigenvalue weighted by Gasteiger charge is 2.25. The molecule has 0 aromatic heterocycles. The van der Waals surface area contributed by atoms with Crippen LogP contribution in [-0.4, -0.2) is 26.4 Å². The largest absolute Gasteiger partial charge is 0.497 e. The highest BCUT2D eigenvalue weighted by molar-refractivity contribution is 5.28. The molecule has 0 amide bonds. The van der Waals surface area contributed by atoms with Crippen molar-refractivity contribution in [1.82, 2.24) is 5.32 Å². The Morgan fingerprint density at radius 1 is 1.44 bits per heavy atom. The summed E-state index contributed by atoms with van der Waals surface area (Å²) in [5.41, 5.74) is 1.27. The van der Waals surface area contributed by atoms with Crippen LogP contribution in [-0.2, 0) is 11.3 Å². The molecule has 2 rings (SSSR count). The summed E-state index contributed by atoms with van der Waals surface area (Å²) in [5, 5.41) is 3.52. The van der Waals surface area contributed by atoms with Gasteiger partial charge in [-0.3, -0.25) is 0 Å². The summed E-state index contributed by atoms with van der Waals surface area (Å²) in [6, 6.07) is 8.21. The minimum atomic E-state index is 0.447. The van der Waals surface area contributed by atoms with Crippen molar-refractivity contribution in [3.05, 3.63) is 29.8 Å². The molecule has 1 aromatic carbocycles. The van der Waals surface area contributed by atoms with Crippen LogP contribution in [0.1, 0.15) is 25.3 Å². The lowest BCUT2D eigenvalue weighted by molar-refractivity contribution is 0.0872. The average Bonchev–Trinajstić information content (AvgIpc) is 2.86. The predicted molar refractivity (Wildman–Crippen MR) is 72.8 cm³/mol. The second kappa shape index (κ2) is 6.76. The van der Waals surface area contributed by atoms with Gasteiger partial charge in [-0.05, 0) is 36.5 Å². The van der Waals surface area contributed by atoms with Crippen molar-refractivity contribution in [3.8, 4) is 5.75 Å². The van der Waals surface area contributed by atoms with Crippen molar-refractivity contribution >= 4 is 0 Å². The van der Waals surface area contributed by atoms with E-state index in [1.54, 1.807) is 7.11 Å². The minimum absolute atomic E-state index is 0.447. The Bertz CT molecular complexity index is 367. The molecule has 1 aliphatic heterocycles. The lowest BCUT2D eigenvalue weighted by Crippen LogP contribution is -2.27. The quantitative estimate of drug-likeness (QED) is 0.840. The molecular formula is C15H23NO2. The maximum atomic E-state index is 5.69. The van der Waals surface area contributed by atoms with Crippen LogP contribution in [0.5, 0.6) is 5.75 Å². The third-order valence-corrected chi connectivity index (χ3v) is 3.62. The van der Waals surface area contributed by atoms with Crippen LogP contribution in [0.4, 0.5) is 0 Å². The van der Waals surface area contributed by atoms with E-state index >= 15 is 0 Å². The summed E-state index contributed by atoms with van der Waals surface area (Å²) in [6.45, 7) is 5.05. The lowest BCUT2D eigenvalue weighted by Gasteiger charge is -2.17. The van der Waals surface area contributed by atoms with Crippen molar-refractivity contribution in [3.63, 3.8) is 0 Å². The Labute approximate surface area is 109 Å². The van der Waals surface area contributed by atoms with E-state index in [4.69, 9.17) is 9.47 Å². The van der Waals surface area contributed by atoms with Gasteiger partial charge in [0.05, 0.1) is 13.2 Å². The molecule has 100 valence electrons. The first kappa shape index (κ1) is 13.4. The summed E-state index contributed by atoms with van der Waals surface area (Å²) < 4.78 is 10.9. The lowest BCUT2D eigenvalue weighted by atomic mass is 9.99. The second-order valence-electron chi connectivity index (χ2n) is 4.85. The van der Waals surface area contributed by atoms with E-state index < -0.39 is 0 Å². The van der Waals surface area contributed by atoms with E-state index in [9.17, 15) is 0 Å². The zero-order valence-electron chi connectivity index (χ0n) is 11.3. The molecule has 0 spiro atoms. The Morgan fingerprint density at radius 2 is 2.33 bits per heavy atom. The van der Waals surface area contributed by atoms with Gasteiger partial charge in [-0.25, -0.2) is 0 Å². The highest BCUT2D eigenvalue weighted by atomic mass is 16.5. The van der Waals surface area contributed by atoms with Crippen LogP contribution >= 0.6 is 0 Å². The molecular weight excluding hydrogens is 226 g/mol. The molecule has 0 radical (unpaired) electrons. The molecule has 0 saturated carbocycles. The molecule has 1 saturated heterocycles. The van der Waals surface area contributed by atoms with E-state index in [2.05, 4.69) is 24.4 Å². The number of nitrogens with one attached hydrogen (secondary N) is 1. The average molecular weight is 249 g/mol. The fourth-order valence-corrected chi connectivity index (χ4v) is 2.56. The van der Waals surface area contributed by atoms with E-state index in [0.29, 0.717) is 12.0 Å². The van der Waals surface area contributed by atoms with Crippen molar-refractivity contribution < 1.29 is 9.47 Å². The highest BCUT2D eigenvalue weighted by Crippen LogP contribution is 2.22. The summed E-state index contributed by atoms with van der Waals surface area (Å²) in [5.74, 6) is 1.59. The number of benzene rings is 1. The monoisotopic (exact) mass is 249 g/mol. The Morgan fingerprint density at radius 3 is 3.11 bits per heavy atom.